The Labute approximate surface area is 141 Å². The van der Waals surface area contributed by atoms with Crippen LogP contribution >= 0.6 is 15.9 Å². The first-order valence-electron chi connectivity index (χ1n) is 7.22. The molecule has 120 valence electrons. The Hall–Kier alpha value is -2.15. The zero-order valence-corrected chi connectivity index (χ0v) is 14.2. The Balaban J connectivity index is 1.77. The highest BCUT2D eigenvalue weighted by molar-refractivity contribution is 9.10. The molecule has 6 nitrogen and oxygen atoms in total. The largest absolute Gasteiger partial charge is 0.481 e. The number of aliphatic carboxylic acids is 1. The number of carboxylic acids is 1. The number of aromatic nitrogens is 2. The Morgan fingerprint density at radius 3 is 2.61 bits per heavy atom. The van der Waals surface area contributed by atoms with Crippen LogP contribution < -0.4 is 0 Å². The van der Waals surface area contributed by atoms with Gasteiger partial charge in [-0.1, -0.05) is 15.9 Å². The van der Waals surface area contributed by atoms with Crippen molar-refractivity contribution in [2.24, 2.45) is 5.41 Å². The molecular weight excluding hydrogens is 362 g/mol. The highest BCUT2D eigenvalue weighted by atomic mass is 79.9. The van der Waals surface area contributed by atoms with Crippen LogP contribution in [0.15, 0.2) is 41.1 Å². The standard InChI is InChI=1S/C16H16BrN3O3/c1-16(15(22)23)6-7-19(10-16)14(21)11-8-18-20(9-11)13-4-2-12(17)3-5-13/h2-5,8-9H,6-7,10H2,1H3,(H,22,23). The van der Waals surface area contributed by atoms with Crippen molar-refractivity contribution in [2.75, 3.05) is 13.1 Å². The van der Waals surface area contributed by atoms with Crippen LogP contribution in [-0.4, -0.2) is 44.8 Å². The summed E-state index contributed by atoms with van der Waals surface area (Å²) >= 11 is 3.37. The van der Waals surface area contributed by atoms with Crippen molar-refractivity contribution in [3.63, 3.8) is 0 Å². The van der Waals surface area contributed by atoms with Gasteiger partial charge < -0.3 is 10.0 Å². The van der Waals surface area contributed by atoms with Crippen LogP contribution in [0.4, 0.5) is 0 Å². The fourth-order valence-electron chi connectivity index (χ4n) is 2.66. The number of halogens is 1. The molecule has 1 aromatic carbocycles. The van der Waals surface area contributed by atoms with Crippen LogP contribution in [0.5, 0.6) is 0 Å². The van der Waals surface area contributed by atoms with Gasteiger partial charge in [-0.05, 0) is 37.6 Å². The van der Waals surface area contributed by atoms with E-state index in [1.165, 1.54) is 6.20 Å². The third kappa shape index (κ3) is 3.01. The van der Waals surface area contributed by atoms with E-state index in [1.807, 2.05) is 24.3 Å². The summed E-state index contributed by atoms with van der Waals surface area (Å²) in [5.41, 5.74) is 0.448. The minimum absolute atomic E-state index is 0.182. The molecule has 7 heteroatoms. The van der Waals surface area contributed by atoms with Crippen LogP contribution in [0, 0.1) is 5.41 Å². The minimum atomic E-state index is -0.864. The van der Waals surface area contributed by atoms with Crippen LogP contribution in [0.2, 0.25) is 0 Å². The van der Waals surface area contributed by atoms with Crippen molar-refractivity contribution >= 4 is 27.8 Å². The summed E-state index contributed by atoms with van der Waals surface area (Å²) in [5, 5.41) is 13.5. The number of carbonyl (C=O) groups excluding carboxylic acids is 1. The average molecular weight is 378 g/mol. The van der Waals surface area contributed by atoms with Crippen molar-refractivity contribution in [1.29, 1.82) is 0 Å². The maximum atomic E-state index is 12.5. The van der Waals surface area contributed by atoms with Crippen molar-refractivity contribution in [3.05, 3.63) is 46.7 Å². The molecule has 1 amide bonds. The van der Waals surface area contributed by atoms with Gasteiger partial charge in [0.25, 0.3) is 5.91 Å². The number of likely N-dealkylation sites (tertiary alicyclic amines) is 1. The van der Waals surface area contributed by atoms with Crippen LogP contribution in [0.3, 0.4) is 0 Å². The lowest BCUT2D eigenvalue weighted by atomic mass is 9.90. The molecule has 1 N–H and O–H groups in total. The molecule has 1 unspecified atom stereocenters. The molecule has 1 aromatic heterocycles. The molecule has 0 bridgehead atoms. The van der Waals surface area contributed by atoms with Crippen LogP contribution in [0.1, 0.15) is 23.7 Å². The number of carboxylic acid groups (broad SMARTS) is 1. The third-order valence-corrected chi connectivity index (χ3v) is 4.73. The molecule has 1 saturated heterocycles. The van der Waals surface area contributed by atoms with Crippen molar-refractivity contribution in [3.8, 4) is 5.69 Å². The molecule has 1 atom stereocenters. The number of amides is 1. The number of nitrogens with zero attached hydrogens (tertiary/aromatic N) is 3. The molecule has 3 rings (SSSR count). The maximum absolute atomic E-state index is 12.5. The Bertz CT molecular complexity index is 756. The van der Waals surface area contributed by atoms with Gasteiger partial charge in [-0.3, -0.25) is 9.59 Å². The molecule has 2 aromatic rings. The third-order valence-electron chi connectivity index (χ3n) is 4.20. The maximum Gasteiger partial charge on any atom is 0.311 e. The number of carbonyl (C=O) groups is 2. The summed E-state index contributed by atoms with van der Waals surface area (Å²) in [5.74, 6) is -1.04. The van der Waals surface area contributed by atoms with Gasteiger partial charge in [0.05, 0.1) is 22.9 Å². The fourth-order valence-corrected chi connectivity index (χ4v) is 2.92. The summed E-state index contributed by atoms with van der Waals surface area (Å²) in [4.78, 5) is 25.4. The van der Waals surface area contributed by atoms with Crippen LogP contribution in [0.25, 0.3) is 5.69 Å². The predicted octanol–water partition coefficient (Wildman–Crippen LogP) is 2.57. The van der Waals surface area contributed by atoms with E-state index < -0.39 is 11.4 Å². The van der Waals surface area contributed by atoms with Gasteiger partial charge in [0.2, 0.25) is 0 Å². The lowest BCUT2D eigenvalue weighted by molar-refractivity contribution is -0.147. The lowest BCUT2D eigenvalue weighted by Gasteiger charge is -2.19. The Morgan fingerprint density at radius 1 is 1.30 bits per heavy atom. The van der Waals surface area contributed by atoms with E-state index in [1.54, 1.807) is 22.7 Å². The number of hydrogen-bond donors (Lipinski definition) is 1. The molecule has 1 fully saturated rings. The first-order chi connectivity index (χ1) is 10.9. The van der Waals surface area contributed by atoms with E-state index in [0.29, 0.717) is 18.5 Å². The van der Waals surface area contributed by atoms with Gasteiger partial charge in [0, 0.05) is 23.8 Å². The second kappa shape index (κ2) is 5.81. The first-order valence-corrected chi connectivity index (χ1v) is 8.02. The highest BCUT2D eigenvalue weighted by Gasteiger charge is 2.42. The van der Waals surface area contributed by atoms with Crippen molar-refractivity contribution in [2.45, 2.75) is 13.3 Å². The molecule has 0 aliphatic carbocycles. The Morgan fingerprint density at radius 2 is 2.00 bits per heavy atom. The summed E-state index contributed by atoms with van der Waals surface area (Å²) in [6.45, 7) is 2.35. The number of rotatable bonds is 3. The van der Waals surface area contributed by atoms with Gasteiger partial charge in [-0.25, -0.2) is 4.68 Å². The van der Waals surface area contributed by atoms with Gasteiger partial charge in [0.15, 0.2) is 0 Å². The van der Waals surface area contributed by atoms with Gasteiger partial charge in [-0.2, -0.15) is 5.10 Å². The molecule has 0 saturated carbocycles. The summed E-state index contributed by atoms with van der Waals surface area (Å²) in [6, 6.07) is 7.58. The monoisotopic (exact) mass is 377 g/mol. The van der Waals surface area contributed by atoms with E-state index in [-0.39, 0.29) is 12.5 Å². The molecule has 1 aliphatic heterocycles. The summed E-state index contributed by atoms with van der Waals surface area (Å²) in [7, 11) is 0. The van der Waals surface area contributed by atoms with E-state index >= 15 is 0 Å². The molecule has 23 heavy (non-hydrogen) atoms. The first kappa shape index (κ1) is 15.7. The number of hydrogen-bond acceptors (Lipinski definition) is 3. The zero-order chi connectivity index (χ0) is 16.6. The van der Waals surface area contributed by atoms with Crippen LogP contribution in [-0.2, 0) is 4.79 Å². The predicted molar refractivity (Wildman–Crippen MR) is 87.5 cm³/mol. The second-order valence-electron chi connectivity index (χ2n) is 5.99. The minimum Gasteiger partial charge on any atom is -0.481 e. The quantitative estimate of drug-likeness (QED) is 0.891. The molecule has 0 spiro atoms. The normalized spacial score (nSPS) is 20.7. The van der Waals surface area contributed by atoms with E-state index in [2.05, 4.69) is 21.0 Å². The average Bonchev–Trinajstić information content (AvgIpc) is 3.15. The smallest absolute Gasteiger partial charge is 0.311 e. The van der Waals surface area contributed by atoms with E-state index in [4.69, 9.17) is 0 Å². The lowest BCUT2D eigenvalue weighted by Crippen LogP contribution is -2.34. The van der Waals surface area contributed by atoms with Crippen molar-refractivity contribution in [1.82, 2.24) is 14.7 Å². The molecule has 1 aliphatic rings. The summed E-state index contributed by atoms with van der Waals surface area (Å²) < 4.78 is 2.60. The van der Waals surface area contributed by atoms with E-state index in [9.17, 15) is 14.7 Å². The SMILES string of the molecule is CC1(C(=O)O)CCN(C(=O)c2cnn(-c3ccc(Br)cc3)c2)C1. The molecule has 2 heterocycles. The summed E-state index contributed by atoms with van der Waals surface area (Å²) in [6.07, 6.45) is 3.65. The fraction of sp³-hybridized carbons (Fsp3) is 0.312. The zero-order valence-electron chi connectivity index (χ0n) is 12.6. The topological polar surface area (TPSA) is 75.4 Å². The second-order valence-corrected chi connectivity index (χ2v) is 6.91. The van der Waals surface area contributed by atoms with Gasteiger partial charge in [0.1, 0.15) is 0 Å². The Kier molecular flexibility index (Phi) is 3.97. The molecule has 0 radical (unpaired) electrons. The van der Waals surface area contributed by atoms with E-state index in [0.717, 1.165) is 10.2 Å². The number of benzene rings is 1. The highest BCUT2D eigenvalue weighted by Crippen LogP contribution is 2.31. The van der Waals surface area contributed by atoms with Crippen molar-refractivity contribution < 1.29 is 14.7 Å². The van der Waals surface area contributed by atoms with Gasteiger partial charge in [-0.15, -0.1) is 0 Å². The van der Waals surface area contributed by atoms with Gasteiger partial charge >= 0.3 is 5.97 Å². The molecular formula is C16H16BrN3O3.